The van der Waals surface area contributed by atoms with Gasteiger partial charge in [-0.3, -0.25) is 9.69 Å². The minimum atomic E-state index is -1.08. The molecule has 3 amide bonds. The van der Waals surface area contributed by atoms with Crippen molar-refractivity contribution in [2.24, 2.45) is 5.73 Å². The number of aromatic carboxylic acids is 1. The van der Waals surface area contributed by atoms with E-state index in [1.54, 1.807) is 17.0 Å². The summed E-state index contributed by atoms with van der Waals surface area (Å²) in [5.74, 6) is -2.92. The molecule has 43 heavy (non-hydrogen) atoms. The lowest BCUT2D eigenvalue weighted by molar-refractivity contribution is 0.0696. The van der Waals surface area contributed by atoms with Crippen molar-refractivity contribution in [2.75, 3.05) is 25.0 Å². The van der Waals surface area contributed by atoms with Gasteiger partial charge in [-0.25, -0.2) is 18.4 Å². The Morgan fingerprint density at radius 1 is 1.00 bits per heavy atom. The number of hydrogen-bond donors (Lipinski definition) is 3. The summed E-state index contributed by atoms with van der Waals surface area (Å²) in [5, 5.41) is 11.5. The standard InChI is InChI=1S/C31H34F2N4O5.ClH/c1-2-3-14-37(31(41)35-28-17-25(29(34)38)26(32)18-27(28)33)22-12-15-36(16-13-22)19-20-4-8-23(9-5-20)42-24-10-6-21(7-11-24)30(39)40;/h4-11,17-18,22H,2-3,12-16,19H2,1H3,(H2,34,38)(H,35,41)(H,39,40);1H. The molecule has 3 aromatic rings. The predicted molar refractivity (Wildman–Crippen MR) is 161 cm³/mol. The number of carbonyl (C=O) groups excluding carboxylic acids is 2. The van der Waals surface area contributed by atoms with Crippen molar-refractivity contribution in [2.45, 2.75) is 45.2 Å². The van der Waals surface area contributed by atoms with Crippen LogP contribution in [-0.2, 0) is 6.54 Å². The summed E-state index contributed by atoms with van der Waals surface area (Å²) in [7, 11) is 0. The number of hydrogen-bond acceptors (Lipinski definition) is 5. The number of nitrogens with one attached hydrogen (secondary N) is 1. The summed E-state index contributed by atoms with van der Waals surface area (Å²) in [6, 6.07) is 14.8. The molecule has 1 aliphatic heterocycles. The lowest BCUT2D eigenvalue weighted by Crippen LogP contribution is -2.49. The fraction of sp³-hybridized carbons (Fsp3) is 0.323. The van der Waals surface area contributed by atoms with Gasteiger partial charge in [-0.05, 0) is 67.3 Å². The van der Waals surface area contributed by atoms with Gasteiger partial charge in [0.2, 0.25) is 0 Å². The molecule has 9 nitrogen and oxygen atoms in total. The number of anilines is 1. The second kappa shape index (κ2) is 15.3. The summed E-state index contributed by atoms with van der Waals surface area (Å²) >= 11 is 0. The molecular weight excluding hydrogens is 582 g/mol. The van der Waals surface area contributed by atoms with Crippen LogP contribution < -0.4 is 15.8 Å². The Kier molecular flexibility index (Phi) is 11.8. The molecule has 0 unspecified atom stereocenters. The third-order valence-corrected chi connectivity index (χ3v) is 7.24. The largest absolute Gasteiger partial charge is 0.478 e. The molecule has 0 saturated carbocycles. The fourth-order valence-corrected chi connectivity index (χ4v) is 4.91. The number of benzene rings is 3. The summed E-state index contributed by atoms with van der Waals surface area (Å²) in [6.45, 7) is 4.73. The highest BCUT2D eigenvalue weighted by atomic mass is 35.5. The van der Waals surface area contributed by atoms with Crippen LogP contribution in [-0.4, -0.2) is 58.5 Å². The number of carboxylic acid groups (broad SMARTS) is 1. The molecule has 4 N–H and O–H groups in total. The van der Waals surface area contributed by atoms with Crippen molar-refractivity contribution in [1.82, 2.24) is 9.80 Å². The maximum atomic E-state index is 14.4. The number of rotatable bonds is 11. The third kappa shape index (κ3) is 8.89. The van der Waals surface area contributed by atoms with E-state index in [2.05, 4.69) is 10.2 Å². The van der Waals surface area contributed by atoms with E-state index in [-0.39, 0.29) is 29.7 Å². The molecule has 1 saturated heterocycles. The van der Waals surface area contributed by atoms with Crippen LogP contribution in [0.2, 0.25) is 0 Å². The normalized spacial score (nSPS) is 13.6. The van der Waals surface area contributed by atoms with Gasteiger partial charge in [-0.15, -0.1) is 12.4 Å². The lowest BCUT2D eigenvalue weighted by atomic mass is 10.0. The summed E-state index contributed by atoms with van der Waals surface area (Å²) in [5.41, 5.74) is 5.68. The first-order valence-electron chi connectivity index (χ1n) is 13.8. The van der Waals surface area contributed by atoms with E-state index in [4.69, 9.17) is 15.6 Å². The maximum absolute atomic E-state index is 14.4. The molecule has 0 spiro atoms. The van der Waals surface area contributed by atoms with Crippen LogP contribution in [0.3, 0.4) is 0 Å². The van der Waals surface area contributed by atoms with E-state index in [0.717, 1.165) is 56.9 Å². The number of carbonyl (C=O) groups is 3. The first kappa shape index (κ1) is 33.3. The molecule has 0 bridgehead atoms. The average Bonchev–Trinajstić information content (AvgIpc) is 2.96. The topological polar surface area (TPSA) is 125 Å². The first-order chi connectivity index (χ1) is 20.1. The number of primary amides is 1. The zero-order chi connectivity index (χ0) is 30.2. The Labute approximate surface area is 255 Å². The predicted octanol–water partition coefficient (Wildman–Crippen LogP) is 6.27. The first-order valence-corrected chi connectivity index (χ1v) is 13.8. The highest BCUT2D eigenvalue weighted by molar-refractivity contribution is 5.96. The molecule has 1 aliphatic rings. The van der Waals surface area contributed by atoms with E-state index >= 15 is 0 Å². The molecule has 4 rings (SSSR count). The SMILES string of the molecule is CCCCN(C(=O)Nc1cc(C(N)=O)c(F)cc1F)C1CCN(Cc2ccc(Oc3ccc(C(=O)O)cc3)cc2)CC1.Cl. The molecular formula is C31H35ClF2N4O5. The molecule has 0 radical (unpaired) electrons. The Bertz CT molecular complexity index is 1410. The van der Waals surface area contributed by atoms with Gasteiger partial charge < -0.3 is 25.8 Å². The number of halogens is 3. The van der Waals surface area contributed by atoms with Gasteiger partial charge in [-0.1, -0.05) is 25.5 Å². The Morgan fingerprint density at radius 2 is 1.60 bits per heavy atom. The number of amides is 3. The third-order valence-electron chi connectivity index (χ3n) is 7.24. The lowest BCUT2D eigenvalue weighted by Gasteiger charge is -2.38. The Hall–Kier alpha value is -4.22. The van der Waals surface area contributed by atoms with Crippen molar-refractivity contribution < 1.29 is 33.0 Å². The zero-order valence-corrected chi connectivity index (χ0v) is 24.5. The van der Waals surface area contributed by atoms with Gasteiger partial charge in [0, 0.05) is 38.3 Å². The molecule has 0 aliphatic carbocycles. The number of urea groups is 1. The number of piperidine rings is 1. The minimum Gasteiger partial charge on any atom is -0.478 e. The van der Waals surface area contributed by atoms with Crippen LogP contribution in [0.15, 0.2) is 60.7 Å². The van der Waals surface area contributed by atoms with E-state index < -0.39 is 35.1 Å². The van der Waals surface area contributed by atoms with Crippen LogP contribution in [0.25, 0.3) is 0 Å². The van der Waals surface area contributed by atoms with Crippen molar-refractivity contribution in [3.63, 3.8) is 0 Å². The smallest absolute Gasteiger partial charge is 0.335 e. The Morgan fingerprint density at radius 3 is 2.16 bits per heavy atom. The van der Waals surface area contributed by atoms with Gasteiger partial charge >= 0.3 is 12.0 Å². The summed E-state index contributed by atoms with van der Waals surface area (Å²) in [4.78, 5) is 39.7. The second-order valence-corrected chi connectivity index (χ2v) is 10.2. The molecule has 12 heteroatoms. The van der Waals surface area contributed by atoms with Crippen LogP contribution in [0.4, 0.5) is 19.3 Å². The molecule has 0 atom stereocenters. The van der Waals surface area contributed by atoms with Crippen molar-refractivity contribution >= 4 is 36.0 Å². The van der Waals surface area contributed by atoms with E-state index in [1.165, 1.54) is 12.1 Å². The quantitative estimate of drug-likeness (QED) is 0.233. The van der Waals surface area contributed by atoms with Crippen molar-refractivity contribution in [3.8, 4) is 11.5 Å². The number of unbranched alkanes of at least 4 members (excludes halogenated alkanes) is 1. The van der Waals surface area contributed by atoms with E-state index in [9.17, 15) is 23.2 Å². The molecule has 1 fully saturated rings. The summed E-state index contributed by atoms with van der Waals surface area (Å²) in [6.07, 6.45) is 3.09. The average molecular weight is 617 g/mol. The summed E-state index contributed by atoms with van der Waals surface area (Å²) < 4.78 is 34.1. The fourth-order valence-electron chi connectivity index (χ4n) is 4.91. The van der Waals surface area contributed by atoms with Gasteiger partial charge in [-0.2, -0.15) is 0 Å². The van der Waals surface area contributed by atoms with E-state index in [1.807, 2.05) is 31.2 Å². The van der Waals surface area contributed by atoms with Gasteiger partial charge in [0.1, 0.15) is 23.1 Å². The molecule has 1 heterocycles. The number of ether oxygens (including phenoxy) is 1. The number of likely N-dealkylation sites (tertiary alicyclic amines) is 1. The van der Waals surface area contributed by atoms with Gasteiger partial charge in [0.25, 0.3) is 5.91 Å². The van der Waals surface area contributed by atoms with Crippen LogP contribution in [0.5, 0.6) is 11.5 Å². The Balaban J connectivity index is 0.00000506. The second-order valence-electron chi connectivity index (χ2n) is 10.2. The van der Waals surface area contributed by atoms with Gasteiger partial charge in [0.15, 0.2) is 0 Å². The van der Waals surface area contributed by atoms with E-state index in [0.29, 0.717) is 24.1 Å². The van der Waals surface area contributed by atoms with Gasteiger partial charge in [0.05, 0.1) is 16.8 Å². The van der Waals surface area contributed by atoms with Crippen LogP contribution in [0, 0.1) is 11.6 Å². The monoisotopic (exact) mass is 616 g/mol. The van der Waals surface area contributed by atoms with Crippen LogP contribution >= 0.6 is 12.4 Å². The zero-order valence-electron chi connectivity index (χ0n) is 23.7. The molecule has 3 aromatic carbocycles. The van der Waals surface area contributed by atoms with Crippen molar-refractivity contribution in [3.05, 3.63) is 89.0 Å². The number of nitrogens with two attached hydrogens (primary N) is 1. The van der Waals surface area contributed by atoms with Crippen molar-refractivity contribution in [1.29, 1.82) is 0 Å². The number of nitrogens with zero attached hydrogens (tertiary/aromatic N) is 2. The highest BCUT2D eigenvalue weighted by Gasteiger charge is 2.28. The number of carboxylic acids is 1. The molecule has 230 valence electrons. The highest BCUT2D eigenvalue weighted by Crippen LogP contribution is 2.25. The van der Waals surface area contributed by atoms with Crippen LogP contribution in [0.1, 0.15) is 58.9 Å². The molecule has 0 aromatic heterocycles. The maximum Gasteiger partial charge on any atom is 0.335 e. The minimum absolute atomic E-state index is 0.